The number of carbonyl (C=O) groups excluding carboxylic acids is 2. The van der Waals surface area contributed by atoms with Gasteiger partial charge in [0.15, 0.2) is 0 Å². The number of ether oxygens (including phenoxy) is 1. The van der Waals surface area contributed by atoms with Gasteiger partial charge in [-0.05, 0) is 29.8 Å². The molecule has 1 aliphatic heterocycles. The van der Waals surface area contributed by atoms with Crippen LogP contribution in [0.15, 0.2) is 64.6 Å². The quantitative estimate of drug-likeness (QED) is 0.717. The summed E-state index contributed by atoms with van der Waals surface area (Å²) in [4.78, 5) is 25.9. The Hall–Kier alpha value is -2.65. The molecule has 0 radical (unpaired) electrons. The van der Waals surface area contributed by atoms with Gasteiger partial charge in [-0.15, -0.1) is 0 Å². The number of halogens is 4. The number of esters is 1. The molecule has 1 aliphatic rings. The molecule has 3 rings (SSSR count). The monoisotopic (exact) mass is 455 g/mol. The van der Waals surface area contributed by atoms with Crippen LogP contribution in [0.4, 0.5) is 18.9 Å². The Labute approximate surface area is 166 Å². The van der Waals surface area contributed by atoms with Crippen LogP contribution in [-0.2, 0) is 14.3 Å². The van der Waals surface area contributed by atoms with E-state index in [1.54, 1.807) is 6.07 Å². The van der Waals surface area contributed by atoms with Crippen molar-refractivity contribution >= 4 is 39.2 Å². The fraction of sp³-hybridized carbons (Fsp3) is 0.158. The topological polar surface area (TPSA) is 66.8 Å². The highest BCUT2D eigenvalue weighted by atomic mass is 79.9. The first kappa shape index (κ1) is 20.1. The molecule has 28 heavy (non-hydrogen) atoms. The Morgan fingerprint density at radius 1 is 1.11 bits per heavy atom. The van der Waals surface area contributed by atoms with Crippen LogP contribution in [0.5, 0.6) is 0 Å². The van der Waals surface area contributed by atoms with E-state index >= 15 is 0 Å². The van der Waals surface area contributed by atoms with Crippen molar-refractivity contribution in [3.8, 4) is 0 Å². The third-order valence-electron chi connectivity index (χ3n) is 4.27. The summed E-state index contributed by atoms with van der Waals surface area (Å²) in [7, 11) is 0.876. The van der Waals surface area contributed by atoms with Gasteiger partial charge in [-0.1, -0.05) is 46.3 Å². The molecule has 0 spiro atoms. The second-order valence-corrected chi connectivity index (χ2v) is 6.82. The molecular formula is C19H13BrF3NO4. The number of carbonyl (C=O) groups is 2. The minimum Gasteiger partial charge on any atom is -0.466 e. The van der Waals surface area contributed by atoms with Crippen molar-refractivity contribution in [1.29, 1.82) is 0 Å². The summed E-state index contributed by atoms with van der Waals surface area (Å²) >= 11 is 3.21. The summed E-state index contributed by atoms with van der Waals surface area (Å²) < 4.78 is 46.6. The third kappa shape index (κ3) is 3.00. The van der Waals surface area contributed by atoms with Crippen LogP contribution in [0.3, 0.4) is 0 Å². The van der Waals surface area contributed by atoms with Crippen molar-refractivity contribution in [2.24, 2.45) is 0 Å². The Bertz CT molecular complexity index is 957. The maximum atomic E-state index is 13.8. The lowest BCUT2D eigenvalue weighted by Crippen LogP contribution is -2.55. The van der Waals surface area contributed by atoms with Crippen molar-refractivity contribution in [2.45, 2.75) is 11.8 Å². The largest absolute Gasteiger partial charge is 0.466 e. The number of methoxy groups -OCH3 is 1. The predicted octanol–water partition coefficient (Wildman–Crippen LogP) is 3.67. The third-order valence-corrected chi connectivity index (χ3v) is 4.80. The average molecular weight is 456 g/mol. The molecule has 0 bridgehead atoms. The number of nitrogens with zero attached hydrogens (tertiary/aromatic N) is 1. The molecule has 1 heterocycles. The molecule has 5 nitrogen and oxygen atoms in total. The molecule has 1 amide bonds. The van der Waals surface area contributed by atoms with Crippen LogP contribution in [0, 0.1) is 0 Å². The molecule has 0 saturated carbocycles. The zero-order valence-corrected chi connectivity index (χ0v) is 15.9. The lowest BCUT2D eigenvalue weighted by atomic mass is 9.92. The lowest BCUT2D eigenvalue weighted by molar-refractivity contribution is -0.236. The van der Waals surface area contributed by atoms with Crippen molar-refractivity contribution in [3.05, 3.63) is 70.2 Å². The zero-order valence-electron chi connectivity index (χ0n) is 14.3. The number of hydrogen-bond donors (Lipinski definition) is 1. The van der Waals surface area contributed by atoms with E-state index in [-0.39, 0.29) is 16.9 Å². The standard InChI is InChI=1S/C19H13BrF3NO4/c1-28-16(25)14-15(11-5-3-2-4-6-11)24(13-9-7-12(20)8-10-13)17(26)18(14,27)19(21,22)23/h2-10,27H,1H3. The fourth-order valence-corrected chi connectivity index (χ4v) is 3.23. The Morgan fingerprint density at radius 3 is 2.18 bits per heavy atom. The number of amides is 1. The second-order valence-electron chi connectivity index (χ2n) is 5.91. The molecule has 1 unspecified atom stereocenters. The number of aliphatic hydroxyl groups is 1. The molecular weight excluding hydrogens is 443 g/mol. The summed E-state index contributed by atoms with van der Waals surface area (Å²) in [6.07, 6.45) is -5.45. The predicted molar refractivity (Wildman–Crippen MR) is 98.0 cm³/mol. The SMILES string of the molecule is COC(=O)C1=C(c2ccccc2)N(c2ccc(Br)cc2)C(=O)C1(O)C(F)(F)F. The molecule has 9 heteroatoms. The van der Waals surface area contributed by atoms with Crippen LogP contribution in [0.2, 0.25) is 0 Å². The minimum absolute atomic E-state index is 0.0497. The number of anilines is 1. The summed E-state index contributed by atoms with van der Waals surface area (Å²) in [5.41, 5.74) is -5.42. The number of hydrogen-bond acceptors (Lipinski definition) is 4. The van der Waals surface area contributed by atoms with Crippen LogP contribution >= 0.6 is 15.9 Å². The molecule has 1 atom stereocenters. The summed E-state index contributed by atoms with van der Waals surface area (Å²) in [5, 5.41) is 10.5. The van der Waals surface area contributed by atoms with Crippen molar-refractivity contribution < 1.29 is 32.6 Å². The van der Waals surface area contributed by atoms with E-state index in [9.17, 15) is 27.9 Å². The van der Waals surface area contributed by atoms with E-state index < -0.39 is 29.2 Å². The van der Waals surface area contributed by atoms with Gasteiger partial charge in [-0.2, -0.15) is 13.2 Å². The normalized spacial score (nSPS) is 19.9. The van der Waals surface area contributed by atoms with E-state index in [1.165, 1.54) is 48.5 Å². The van der Waals surface area contributed by atoms with Crippen LogP contribution in [0.25, 0.3) is 5.70 Å². The zero-order chi connectivity index (χ0) is 20.7. The molecule has 2 aromatic carbocycles. The number of rotatable bonds is 3. The number of alkyl halides is 3. The maximum absolute atomic E-state index is 13.8. The first-order valence-corrected chi connectivity index (χ1v) is 8.70. The van der Waals surface area contributed by atoms with E-state index in [0.717, 1.165) is 7.11 Å². The van der Waals surface area contributed by atoms with Gasteiger partial charge in [0, 0.05) is 10.2 Å². The van der Waals surface area contributed by atoms with Crippen molar-refractivity contribution in [1.82, 2.24) is 0 Å². The van der Waals surface area contributed by atoms with Gasteiger partial charge in [0.05, 0.1) is 12.8 Å². The van der Waals surface area contributed by atoms with E-state index in [0.29, 0.717) is 9.37 Å². The average Bonchev–Trinajstić information content (AvgIpc) is 2.91. The van der Waals surface area contributed by atoms with E-state index in [2.05, 4.69) is 20.7 Å². The molecule has 2 aromatic rings. The summed E-state index contributed by atoms with van der Waals surface area (Å²) in [6.45, 7) is 0. The first-order chi connectivity index (χ1) is 13.1. The molecule has 0 saturated heterocycles. The van der Waals surface area contributed by atoms with Crippen molar-refractivity contribution in [2.75, 3.05) is 12.0 Å². The fourth-order valence-electron chi connectivity index (χ4n) is 2.97. The molecule has 0 aromatic heterocycles. The Balaban J connectivity index is 2.39. The Kier molecular flexibility index (Phi) is 5.07. The van der Waals surface area contributed by atoms with Crippen LogP contribution < -0.4 is 4.90 Å². The highest BCUT2D eigenvalue weighted by molar-refractivity contribution is 9.10. The molecule has 0 aliphatic carbocycles. The molecule has 1 N–H and O–H groups in total. The van der Waals surface area contributed by atoms with Gasteiger partial charge in [0.1, 0.15) is 5.57 Å². The smallest absolute Gasteiger partial charge is 0.431 e. The first-order valence-electron chi connectivity index (χ1n) is 7.90. The van der Waals surface area contributed by atoms with E-state index in [1.807, 2.05) is 0 Å². The van der Waals surface area contributed by atoms with Crippen LogP contribution in [-0.4, -0.2) is 35.9 Å². The number of benzene rings is 2. The van der Waals surface area contributed by atoms with Gasteiger partial charge in [0.25, 0.3) is 11.5 Å². The van der Waals surface area contributed by atoms with Gasteiger partial charge in [-0.3, -0.25) is 9.69 Å². The maximum Gasteiger partial charge on any atom is 0.431 e. The van der Waals surface area contributed by atoms with Crippen LogP contribution in [0.1, 0.15) is 5.56 Å². The van der Waals surface area contributed by atoms with Gasteiger partial charge in [0.2, 0.25) is 0 Å². The van der Waals surface area contributed by atoms with E-state index in [4.69, 9.17) is 0 Å². The van der Waals surface area contributed by atoms with Gasteiger partial charge in [-0.25, -0.2) is 4.79 Å². The molecule has 0 fully saturated rings. The van der Waals surface area contributed by atoms with Gasteiger partial charge < -0.3 is 9.84 Å². The minimum atomic E-state index is -5.45. The lowest BCUT2D eigenvalue weighted by Gasteiger charge is -2.27. The highest BCUT2D eigenvalue weighted by Crippen LogP contribution is 2.49. The second kappa shape index (κ2) is 7.06. The summed E-state index contributed by atoms with van der Waals surface area (Å²) in [6, 6.07) is 13.4. The summed E-state index contributed by atoms with van der Waals surface area (Å²) in [5.74, 6) is -3.16. The Morgan fingerprint density at radius 2 is 1.68 bits per heavy atom. The highest BCUT2D eigenvalue weighted by Gasteiger charge is 2.70. The van der Waals surface area contributed by atoms with Gasteiger partial charge >= 0.3 is 12.1 Å². The molecule has 146 valence electrons. The van der Waals surface area contributed by atoms with Crippen molar-refractivity contribution in [3.63, 3.8) is 0 Å².